The second-order valence-electron chi connectivity index (χ2n) is 5.80. The number of rotatable bonds is 4. The minimum Gasteiger partial charge on any atom is -0.326 e. The molecule has 0 spiro atoms. The number of carbonyl (C=O) groups excluding carboxylic acids is 1. The number of piperidine rings is 1. The van der Waals surface area contributed by atoms with Gasteiger partial charge in [0.15, 0.2) is 0 Å². The Balaban J connectivity index is 1.54. The highest BCUT2D eigenvalue weighted by Crippen LogP contribution is 2.30. The van der Waals surface area contributed by atoms with Crippen molar-refractivity contribution in [2.45, 2.75) is 38.6 Å². The van der Waals surface area contributed by atoms with E-state index in [-0.39, 0.29) is 11.8 Å². The van der Waals surface area contributed by atoms with E-state index in [1.54, 1.807) is 0 Å². The van der Waals surface area contributed by atoms with Crippen LogP contribution in [-0.2, 0) is 11.3 Å². The first-order valence-electron chi connectivity index (χ1n) is 7.43. The summed E-state index contributed by atoms with van der Waals surface area (Å²) in [5.74, 6) is 0.455. The van der Waals surface area contributed by atoms with E-state index in [0.29, 0.717) is 0 Å². The molecule has 2 fully saturated rings. The molecular formula is C16H22N2O. The second-order valence-corrected chi connectivity index (χ2v) is 5.80. The number of carbonyl (C=O) groups is 1. The highest BCUT2D eigenvalue weighted by atomic mass is 16.2. The summed E-state index contributed by atoms with van der Waals surface area (Å²) < 4.78 is 0. The number of amides is 1. The molecule has 1 N–H and O–H groups in total. The van der Waals surface area contributed by atoms with E-state index >= 15 is 0 Å². The number of nitrogens with one attached hydrogen (secondary N) is 1. The van der Waals surface area contributed by atoms with Crippen LogP contribution in [-0.4, -0.2) is 23.9 Å². The predicted octanol–water partition coefficient (Wildman–Crippen LogP) is 3.02. The molecule has 1 aromatic carbocycles. The summed E-state index contributed by atoms with van der Waals surface area (Å²) in [5, 5.41) is 2.98. The molecule has 102 valence electrons. The zero-order chi connectivity index (χ0) is 13.1. The summed E-state index contributed by atoms with van der Waals surface area (Å²) in [4.78, 5) is 14.2. The number of hydrogen-bond donors (Lipinski definition) is 1. The number of nitrogens with zero attached hydrogens (tertiary/aromatic N) is 1. The van der Waals surface area contributed by atoms with Crippen molar-refractivity contribution in [1.82, 2.24) is 4.90 Å². The molecule has 1 saturated carbocycles. The number of hydrogen-bond acceptors (Lipinski definition) is 2. The second kappa shape index (κ2) is 5.74. The van der Waals surface area contributed by atoms with Crippen molar-refractivity contribution in [2.75, 3.05) is 18.4 Å². The first-order valence-corrected chi connectivity index (χ1v) is 7.43. The van der Waals surface area contributed by atoms with Crippen LogP contribution in [0.1, 0.15) is 37.7 Å². The molecular weight excluding hydrogens is 236 g/mol. The van der Waals surface area contributed by atoms with Gasteiger partial charge < -0.3 is 5.32 Å². The fourth-order valence-corrected chi connectivity index (χ4v) is 2.66. The minimum atomic E-state index is 0.184. The Hall–Kier alpha value is -1.35. The van der Waals surface area contributed by atoms with Gasteiger partial charge in [-0.25, -0.2) is 0 Å². The lowest BCUT2D eigenvalue weighted by atomic mass is 10.1. The van der Waals surface area contributed by atoms with Gasteiger partial charge in [-0.1, -0.05) is 18.6 Å². The molecule has 1 heterocycles. The van der Waals surface area contributed by atoms with E-state index in [1.165, 1.54) is 37.9 Å². The summed E-state index contributed by atoms with van der Waals surface area (Å²) in [6.45, 7) is 3.48. The third-order valence-electron chi connectivity index (χ3n) is 4.02. The maximum atomic E-state index is 11.7. The van der Waals surface area contributed by atoms with E-state index in [2.05, 4.69) is 22.3 Å². The van der Waals surface area contributed by atoms with E-state index in [9.17, 15) is 4.79 Å². The molecule has 1 saturated heterocycles. The van der Waals surface area contributed by atoms with Gasteiger partial charge in [0.2, 0.25) is 5.91 Å². The normalized spacial score (nSPS) is 20.2. The van der Waals surface area contributed by atoms with E-state index < -0.39 is 0 Å². The van der Waals surface area contributed by atoms with Gasteiger partial charge >= 0.3 is 0 Å². The lowest BCUT2D eigenvalue weighted by molar-refractivity contribution is -0.117. The number of anilines is 1. The van der Waals surface area contributed by atoms with Crippen LogP contribution in [0.2, 0.25) is 0 Å². The molecule has 3 nitrogen and oxygen atoms in total. The Morgan fingerprint density at radius 1 is 1.11 bits per heavy atom. The highest BCUT2D eigenvalue weighted by Gasteiger charge is 2.29. The van der Waals surface area contributed by atoms with Crippen molar-refractivity contribution in [3.8, 4) is 0 Å². The number of likely N-dealkylation sites (tertiary alicyclic amines) is 1. The zero-order valence-corrected chi connectivity index (χ0v) is 11.4. The van der Waals surface area contributed by atoms with Crippen molar-refractivity contribution in [3.05, 3.63) is 29.8 Å². The molecule has 1 aliphatic carbocycles. The van der Waals surface area contributed by atoms with E-state index in [0.717, 1.165) is 25.1 Å². The Morgan fingerprint density at radius 3 is 2.42 bits per heavy atom. The molecule has 0 radical (unpaired) electrons. The van der Waals surface area contributed by atoms with Crippen molar-refractivity contribution < 1.29 is 4.79 Å². The Kier molecular flexibility index (Phi) is 3.83. The van der Waals surface area contributed by atoms with Crippen LogP contribution in [0, 0.1) is 5.92 Å². The first kappa shape index (κ1) is 12.7. The topological polar surface area (TPSA) is 32.3 Å². The van der Waals surface area contributed by atoms with Gasteiger partial charge in [0.25, 0.3) is 0 Å². The van der Waals surface area contributed by atoms with E-state index in [1.807, 2.05) is 12.1 Å². The Labute approximate surface area is 115 Å². The molecule has 1 aliphatic heterocycles. The van der Waals surface area contributed by atoms with Gasteiger partial charge in [-0.3, -0.25) is 9.69 Å². The van der Waals surface area contributed by atoms with Crippen molar-refractivity contribution in [1.29, 1.82) is 0 Å². The Morgan fingerprint density at radius 2 is 1.79 bits per heavy atom. The maximum Gasteiger partial charge on any atom is 0.227 e. The standard InChI is InChI=1S/C16H22N2O/c19-16(14-6-7-14)17-15-8-4-13(5-9-15)12-18-10-2-1-3-11-18/h4-5,8-9,14H,1-3,6-7,10-12H2,(H,17,19). The smallest absolute Gasteiger partial charge is 0.227 e. The van der Waals surface area contributed by atoms with Crippen molar-refractivity contribution >= 4 is 11.6 Å². The molecule has 1 amide bonds. The average Bonchev–Trinajstić information content (AvgIpc) is 3.27. The highest BCUT2D eigenvalue weighted by molar-refractivity contribution is 5.93. The van der Waals surface area contributed by atoms with Crippen LogP contribution >= 0.6 is 0 Å². The molecule has 3 rings (SSSR count). The fourth-order valence-electron chi connectivity index (χ4n) is 2.66. The largest absolute Gasteiger partial charge is 0.326 e. The zero-order valence-electron chi connectivity index (χ0n) is 11.4. The lowest BCUT2D eigenvalue weighted by Gasteiger charge is -2.26. The molecule has 0 atom stereocenters. The van der Waals surface area contributed by atoms with Gasteiger partial charge in [-0.05, 0) is 56.5 Å². The van der Waals surface area contributed by atoms with Crippen LogP contribution in [0.3, 0.4) is 0 Å². The monoisotopic (exact) mass is 258 g/mol. The molecule has 0 bridgehead atoms. The first-order chi connectivity index (χ1) is 9.31. The lowest BCUT2D eigenvalue weighted by Crippen LogP contribution is -2.29. The van der Waals surface area contributed by atoms with Gasteiger partial charge in [0, 0.05) is 18.2 Å². The molecule has 0 aromatic heterocycles. The number of benzene rings is 1. The third-order valence-corrected chi connectivity index (χ3v) is 4.02. The summed E-state index contributed by atoms with van der Waals surface area (Å²) in [6, 6.07) is 8.33. The van der Waals surface area contributed by atoms with E-state index in [4.69, 9.17) is 0 Å². The van der Waals surface area contributed by atoms with Crippen molar-refractivity contribution in [3.63, 3.8) is 0 Å². The molecule has 2 aliphatic rings. The van der Waals surface area contributed by atoms with Crippen LogP contribution in [0.15, 0.2) is 24.3 Å². The summed E-state index contributed by atoms with van der Waals surface area (Å²) in [6.07, 6.45) is 6.14. The quantitative estimate of drug-likeness (QED) is 0.900. The van der Waals surface area contributed by atoms with Crippen LogP contribution in [0.25, 0.3) is 0 Å². The van der Waals surface area contributed by atoms with Crippen LogP contribution in [0.5, 0.6) is 0 Å². The van der Waals surface area contributed by atoms with Crippen LogP contribution in [0.4, 0.5) is 5.69 Å². The maximum absolute atomic E-state index is 11.7. The van der Waals surface area contributed by atoms with Gasteiger partial charge in [0.1, 0.15) is 0 Å². The van der Waals surface area contributed by atoms with Crippen LogP contribution < -0.4 is 5.32 Å². The summed E-state index contributed by atoms with van der Waals surface area (Å²) >= 11 is 0. The van der Waals surface area contributed by atoms with Crippen molar-refractivity contribution in [2.24, 2.45) is 5.92 Å². The Bertz CT molecular complexity index is 431. The molecule has 1 aromatic rings. The van der Waals surface area contributed by atoms with Gasteiger partial charge in [-0.2, -0.15) is 0 Å². The summed E-state index contributed by atoms with van der Waals surface area (Å²) in [5.41, 5.74) is 2.27. The minimum absolute atomic E-state index is 0.184. The fraction of sp³-hybridized carbons (Fsp3) is 0.562. The van der Waals surface area contributed by atoms with Gasteiger partial charge in [-0.15, -0.1) is 0 Å². The molecule has 0 unspecified atom stereocenters. The predicted molar refractivity (Wildman–Crippen MR) is 76.9 cm³/mol. The average molecular weight is 258 g/mol. The molecule has 3 heteroatoms. The SMILES string of the molecule is O=C(Nc1ccc(CN2CCCCC2)cc1)C1CC1. The van der Waals surface area contributed by atoms with Gasteiger partial charge in [0.05, 0.1) is 0 Å². The summed E-state index contributed by atoms with van der Waals surface area (Å²) in [7, 11) is 0. The third kappa shape index (κ3) is 3.57. The molecule has 19 heavy (non-hydrogen) atoms.